The Morgan fingerprint density at radius 2 is 0.584 bits per heavy atom. The number of aryl methyl sites for hydroxylation is 2. The normalized spacial score (nSPS) is 12.6. The fraction of sp³-hybridized carbons (Fsp3) is 0.0588. The molecular weight excluding hydrogens is 1080 g/mol. The van der Waals surface area contributed by atoms with Crippen LogP contribution in [0.4, 0.5) is 34.1 Å². The van der Waals surface area contributed by atoms with Gasteiger partial charge in [0, 0.05) is 54.8 Å². The summed E-state index contributed by atoms with van der Waals surface area (Å²) >= 11 is 0. The van der Waals surface area contributed by atoms with E-state index < -0.39 is 5.41 Å². The minimum Gasteiger partial charge on any atom is -0.453 e. The first-order valence-corrected chi connectivity index (χ1v) is 31.1. The lowest BCUT2D eigenvalue weighted by Gasteiger charge is -2.36. The number of anilines is 6. The summed E-state index contributed by atoms with van der Waals surface area (Å²) in [6, 6.07) is 111. The molecule has 0 saturated carbocycles. The molecule has 2 aromatic heterocycles. The highest BCUT2D eigenvalue weighted by Crippen LogP contribution is 2.63. The van der Waals surface area contributed by atoms with E-state index in [1.165, 1.54) is 55.6 Å². The van der Waals surface area contributed by atoms with Crippen LogP contribution in [0.25, 0.3) is 98.8 Å². The molecule has 89 heavy (non-hydrogen) atoms. The smallest absolute Gasteiger partial charge is 0.159 e. The average Bonchev–Trinajstić information content (AvgIpc) is 1.53. The minimum atomic E-state index is -0.852. The van der Waals surface area contributed by atoms with Gasteiger partial charge in [0.2, 0.25) is 0 Å². The number of rotatable bonds is 12. The van der Waals surface area contributed by atoms with Crippen molar-refractivity contribution in [3.63, 3.8) is 0 Å². The first kappa shape index (κ1) is 52.2. The van der Waals surface area contributed by atoms with E-state index in [1.54, 1.807) is 0 Å². The molecule has 4 nitrogen and oxygen atoms in total. The van der Waals surface area contributed by atoms with Gasteiger partial charge in [0.05, 0.1) is 28.2 Å². The van der Waals surface area contributed by atoms with E-state index in [9.17, 15) is 0 Å². The van der Waals surface area contributed by atoms with Gasteiger partial charge in [-0.1, -0.05) is 269 Å². The zero-order valence-corrected chi connectivity index (χ0v) is 49.5. The van der Waals surface area contributed by atoms with Gasteiger partial charge in [0.1, 0.15) is 11.2 Å². The maximum absolute atomic E-state index is 7.41. The van der Waals surface area contributed by atoms with Gasteiger partial charge in [-0.05, 0) is 128 Å². The maximum Gasteiger partial charge on any atom is 0.159 e. The van der Waals surface area contributed by atoms with E-state index in [-0.39, 0.29) is 0 Å². The summed E-state index contributed by atoms with van der Waals surface area (Å²) in [6.07, 6.45) is 1.83. The van der Waals surface area contributed by atoms with E-state index in [4.69, 9.17) is 8.83 Å². The van der Waals surface area contributed by atoms with E-state index in [0.29, 0.717) is 0 Å². The molecular formula is C85H60N2O2. The number of furan rings is 2. The Hall–Kier alpha value is -11.2. The lowest BCUT2D eigenvalue weighted by Crippen LogP contribution is -2.29. The molecule has 0 amide bonds. The number of hydrogen-bond donors (Lipinski definition) is 0. The molecule has 0 aliphatic heterocycles. The Morgan fingerprint density at radius 3 is 0.989 bits per heavy atom. The van der Waals surface area contributed by atoms with Crippen molar-refractivity contribution in [3.8, 4) is 33.4 Å². The lowest BCUT2D eigenvalue weighted by molar-refractivity contribution is 0.669. The molecule has 2 heterocycles. The van der Waals surface area contributed by atoms with Crippen LogP contribution in [0.3, 0.4) is 0 Å². The van der Waals surface area contributed by atoms with Crippen LogP contribution in [0.5, 0.6) is 0 Å². The molecule has 0 fully saturated rings. The summed E-state index contributed by atoms with van der Waals surface area (Å²) in [7, 11) is 0. The Balaban J connectivity index is 0.973. The topological polar surface area (TPSA) is 32.8 Å². The van der Waals surface area contributed by atoms with E-state index in [2.05, 4.69) is 327 Å². The van der Waals surface area contributed by atoms with Gasteiger partial charge in [-0.15, -0.1) is 0 Å². The second-order valence-corrected chi connectivity index (χ2v) is 23.4. The van der Waals surface area contributed by atoms with E-state index >= 15 is 0 Å². The standard InChI is InChI=1S/C85H60N2O2/c1-3-55-29-17-19-39-61(55)67-45-25-47-69-71-49-27-51-75(83(71)88-81(67)69)86(59-35-13-7-14-36-59)77-53-73-79(65-43-23-21-41-63(65)77)80-66-44-24-22-42-64(66)78(54-74(80)85(73,57-31-9-5-10-32-57)58-33-11-6-12-34-58)87(60-37-15-8-16-38-60)76-52-28-50-72-70-48-26-46-68(82(70)89-84(72)76)62-40-20-18-30-56(62)4-2/h5-54H,3-4H2,1-2H3. The molecule has 0 unspecified atom stereocenters. The molecule has 0 bridgehead atoms. The Labute approximate surface area is 517 Å². The molecule has 17 rings (SSSR count). The van der Waals surface area contributed by atoms with E-state index in [0.717, 1.165) is 124 Å². The van der Waals surface area contributed by atoms with Crippen LogP contribution < -0.4 is 9.80 Å². The van der Waals surface area contributed by atoms with Crippen molar-refractivity contribution in [2.24, 2.45) is 0 Å². The summed E-state index contributed by atoms with van der Waals surface area (Å²) in [5, 5.41) is 8.89. The van der Waals surface area contributed by atoms with Crippen molar-refractivity contribution in [2.45, 2.75) is 32.1 Å². The van der Waals surface area contributed by atoms with Gasteiger partial charge >= 0.3 is 0 Å². The second kappa shape index (κ2) is 21.0. The van der Waals surface area contributed by atoms with Crippen molar-refractivity contribution in [1.82, 2.24) is 0 Å². The third-order valence-electron chi connectivity index (χ3n) is 18.9. The SMILES string of the molecule is CCc1ccccc1-c1cccc2c1oc1c(N(c3ccccc3)c3cc4c(c5ccccc35)-c3c(cc(N(c5ccccc5)c5cccc6c5oc5c(-c7ccccc7CC)cccc56)c5ccccc35)C4(c3ccccc3)c3ccccc3)cccc12. The van der Waals surface area contributed by atoms with Gasteiger partial charge in [0.15, 0.2) is 11.2 Å². The van der Waals surface area contributed by atoms with Crippen LogP contribution in [0.15, 0.2) is 312 Å². The molecule has 1 aliphatic carbocycles. The first-order chi connectivity index (χ1) is 44.1. The number of hydrogen-bond acceptors (Lipinski definition) is 4. The molecule has 14 aromatic carbocycles. The largest absolute Gasteiger partial charge is 0.453 e. The number of para-hydroxylation sites is 6. The van der Waals surface area contributed by atoms with Crippen LogP contribution in [0, 0.1) is 0 Å². The van der Waals surface area contributed by atoms with Crippen LogP contribution in [-0.2, 0) is 18.3 Å². The highest BCUT2D eigenvalue weighted by molar-refractivity contribution is 6.21. The fourth-order valence-corrected chi connectivity index (χ4v) is 15.1. The lowest BCUT2D eigenvalue weighted by atomic mass is 9.67. The molecule has 1 aliphatic rings. The van der Waals surface area contributed by atoms with Gasteiger partial charge in [-0.25, -0.2) is 0 Å². The third-order valence-corrected chi connectivity index (χ3v) is 18.9. The number of benzene rings is 14. The first-order valence-electron chi connectivity index (χ1n) is 31.1. The zero-order chi connectivity index (χ0) is 59.2. The monoisotopic (exact) mass is 1140 g/mol. The van der Waals surface area contributed by atoms with Crippen LogP contribution in [0.2, 0.25) is 0 Å². The molecule has 0 radical (unpaired) electrons. The predicted octanol–water partition coefficient (Wildman–Crippen LogP) is 23.6. The Bertz CT molecular complexity index is 5070. The molecule has 0 N–H and O–H groups in total. The molecule has 0 spiro atoms. The molecule has 0 atom stereocenters. The van der Waals surface area contributed by atoms with Crippen LogP contribution in [0.1, 0.15) is 47.2 Å². The number of nitrogens with zero attached hydrogens (tertiary/aromatic N) is 2. The van der Waals surface area contributed by atoms with Crippen molar-refractivity contribution < 1.29 is 8.83 Å². The fourth-order valence-electron chi connectivity index (χ4n) is 15.1. The third kappa shape index (κ3) is 7.93. The summed E-state index contributed by atoms with van der Waals surface area (Å²) in [6.45, 7) is 4.45. The summed E-state index contributed by atoms with van der Waals surface area (Å²) < 4.78 is 14.8. The van der Waals surface area contributed by atoms with E-state index in [1.807, 2.05) is 0 Å². The van der Waals surface area contributed by atoms with Crippen molar-refractivity contribution in [2.75, 3.05) is 9.80 Å². The van der Waals surface area contributed by atoms with Crippen molar-refractivity contribution in [1.29, 1.82) is 0 Å². The Morgan fingerprint density at radius 1 is 0.270 bits per heavy atom. The van der Waals surface area contributed by atoms with Gasteiger partial charge in [-0.2, -0.15) is 0 Å². The van der Waals surface area contributed by atoms with Crippen molar-refractivity contribution in [3.05, 3.63) is 337 Å². The predicted molar refractivity (Wildman–Crippen MR) is 372 cm³/mol. The van der Waals surface area contributed by atoms with Gasteiger partial charge in [-0.3, -0.25) is 0 Å². The molecule has 422 valence electrons. The molecule has 0 saturated heterocycles. The zero-order valence-electron chi connectivity index (χ0n) is 49.5. The van der Waals surface area contributed by atoms with Crippen molar-refractivity contribution >= 4 is 99.5 Å². The summed E-state index contributed by atoms with van der Waals surface area (Å²) in [4.78, 5) is 4.91. The number of fused-ring (bicyclic) bond motifs is 13. The van der Waals surface area contributed by atoms with Crippen LogP contribution in [-0.4, -0.2) is 0 Å². The summed E-state index contributed by atoms with van der Waals surface area (Å²) in [5.74, 6) is 0. The Kier molecular flexibility index (Phi) is 12.3. The average molecular weight is 1140 g/mol. The molecule has 4 heteroatoms. The maximum atomic E-state index is 7.41. The quantitative estimate of drug-likeness (QED) is 0.122. The highest BCUT2D eigenvalue weighted by atomic mass is 16.3. The van der Waals surface area contributed by atoms with Gasteiger partial charge in [0.25, 0.3) is 0 Å². The second-order valence-electron chi connectivity index (χ2n) is 23.4. The van der Waals surface area contributed by atoms with Gasteiger partial charge < -0.3 is 18.6 Å². The minimum absolute atomic E-state index is 0.830. The molecule has 16 aromatic rings. The highest BCUT2D eigenvalue weighted by Gasteiger charge is 2.49. The van der Waals surface area contributed by atoms with Crippen LogP contribution >= 0.6 is 0 Å². The summed E-state index contributed by atoms with van der Waals surface area (Å²) in [5.41, 5.74) is 23.0.